The zero-order valence-corrected chi connectivity index (χ0v) is 36.6. The number of allylic oxidation sites excluding steroid dienone is 8. The van der Waals surface area contributed by atoms with Gasteiger partial charge in [-0.05, 0) is 51.4 Å². The summed E-state index contributed by atoms with van der Waals surface area (Å²) in [6.07, 6.45) is 45.4. The van der Waals surface area contributed by atoms with E-state index in [1.807, 2.05) is 21.1 Å². The molecule has 3 atom stereocenters. The largest absolute Gasteiger partial charge is 0.756 e. The van der Waals surface area contributed by atoms with Crippen molar-refractivity contribution < 1.29 is 32.9 Å². The predicted molar refractivity (Wildman–Crippen MR) is 228 cm³/mol. The molecule has 9 heteroatoms. The molecule has 0 aromatic rings. The molecule has 3 unspecified atom stereocenters. The van der Waals surface area contributed by atoms with Crippen LogP contribution in [-0.4, -0.2) is 68.5 Å². The van der Waals surface area contributed by atoms with Crippen molar-refractivity contribution in [2.75, 3.05) is 40.9 Å². The van der Waals surface area contributed by atoms with Gasteiger partial charge in [0.2, 0.25) is 5.91 Å². The SMILES string of the molecule is CC/C=C\C/C=C\C/C=C\C/C=C\CCCCCCCCCCC(=O)NC(COP(=O)([O-])OCC[N+](C)(C)C)C(O)CCCCCCCCCCCCC. The van der Waals surface area contributed by atoms with E-state index in [0.717, 1.165) is 70.6 Å². The molecule has 8 nitrogen and oxygen atoms in total. The lowest BCUT2D eigenvalue weighted by atomic mass is 10.0. The molecule has 0 rings (SSSR count). The third-order valence-corrected chi connectivity index (χ3v) is 10.5. The third kappa shape index (κ3) is 38.7. The van der Waals surface area contributed by atoms with Crippen LogP contribution in [0, 0.1) is 0 Å². The Morgan fingerprint density at radius 2 is 1.13 bits per heavy atom. The average molecular weight is 781 g/mol. The molecule has 316 valence electrons. The molecule has 0 aliphatic heterocycles. The Morgan fingerprint density at radius 3 is 1.65 bits per heavy atom. The number of amides is 1. The molecule has 1 amide bonds. The van der Waals surface area contributed by atoms with Crippen molar-refractivity contribution in [2.45, 2.75) is 193 Å². The van der Waals surface area contributed by atoms with Crippen molar-refractivity contribution >= 4 is 13.7 Å². The molecule has 0 spiro atoms. The fourth-order valence-corrected chi connectivity index (χ4v) is 6.81. The summed E-state index contributed by atoms with van der Waals surface area (Å²) in [6.45, 7) is 4.58. The second-order valence-electron chi connectivity index (χ2n) is 16.0. The van der Waals surface area contributed by atoms with Gasteiger partial charge in [0.1, 0.15) is 13.2 Å². The van der Waals surface area contributed by atoms with Crippen LogP contribution in [-0.2, 0) is 18.4 Å². The molecule has 0 saturated heterocycles. The van der Waals surface area contributed by atoms with Crippen LogP contribution < -0.4 is 10.2 Å². The fraction of sp³-hybridized carbons (Fsp3) is 0.800. The second-order valence-corrected chi connectivity index (χ2v) is 17.4. The van der Waals surface area contributed by atoms with Gasteiger partial charge in [-0.15, -0.1) is 0 Å². The van der Waals surface area contributed by atoms with E-state index in [-0.39, 0.29) is 19.1 Å². The number of quaternary nitrogens is 1. The Balaban J connectivity index is 4.32. The average Bonchev–Trinajstić information content (AvgIpc) is 3.12. The predicted octanol–water partition coefficient (Wildman–Crippen LogP) is 11.4. The maximum absolute atomic E-state index is 12.9. The van der Waals surface area contributed by atoms with Gasteiger partial charge in [0.05, 0.1) is 39.9 Å². The first kappa shape index (κ1) is 52.5. The number of likely N-dealkylation sites (N-methyl/N-ethyl adjacent to an activating group) is 1. The highest BCUT2D eigenvalue weighted by molar-refractivity contribution is 7.45. The number of hydrogen-bond acceptors (Lipinski definition) is 6. The third-order valence-electron chi connectivity index (χ3n) is 9.58. The van der Waals surface area contributed by atoms with E-state index in [1.54, 1.807) is 0 Å². The Bertz CT molecular complexity index is 1020. The lowest BCUT2D eigenvalue weighted by molar-refractivity contribution is -0.870. The Labute approximate surface area is 333 Å². The molecule has 2 N–H and O–H groups in total. The second kappa shape index (κ2) is 37.1. The lowest BCUT2D eigenvalue weighted by Crippen LogP contribution is -2.46. The number of hydrogen-bond donors (Lipinski definition) is 2. The molecule has 0 aromatic carbocycles. The van der Waals surface area contributed by atoms with Crippen molar-refractivity contribution in [2.24, 2.45) is 0 Å². The van der Waals surface area contributed by atoms with Crippen molar-refractivity contribution in [3.63, 3.8) is 0 Å². The molecule has 54 heavy (non-hydrogen) atoms. The van der Waals surface area contributed by atoms with Gasteiger partial charge in [0.25, 0.3) is 7.82 Å². The number of nitrogens with one attached hydrogen (secondary N) is 1. The van der Waals surface area contributed by atoms with Gasteiger partial charge in [-0.1, -0.05) is 172 Å². The summed E-state index contributed by atoms with van der Waals surface area (Å²) >= 11 is 0. The number of phosphoric ester groups is 1. The van der Waals surface area contributed by atoms with Gasteiger partial charge >= 0.3 is 0 Å². The Kier molecular flexibility index (Phi) is 36.0. The van der Waals surface area contributed by atoms with Crippen LogP contribution in [0.2, 0.25) is 0 Å². The van der Waals surface area contributed by atoms with Gasteiger partial charge < -0.3 is 28.8 Å². The number of rotatable bonds is 39. The van der Waals surface area contributed by atoms with Crippen molar-refractivity contribution in [3.05, 3.63) is 48.6 Å². The summed E-state index contributed by atoms with van der Waals surface area (Å²) in [7, 11) is 1.29. The monoisotopic (exact) mass is 781 g/mol. The van der Waals surface area contributed by atoms with E-state index in [0.29, 0.717) is 23.9 Å². The molecule has 0 radical (unpaired) electrons. The van der Waals surface area contributed by atoms with Crippen LogP contribution in [0.1, 0.15) is 181 Å². The van der Waals surface area contributed by atoms with Crippen molar-refractivity contribution in [3.8, 4) is 0 Å². The van der Waals surface area contributed by atoms with Crippen LogP contribution in [0.15, 0.2) is 48.6 Å². The van der Waals surface area contributed by atoms with E-state index in [1.165, 1.54) is 83.5 Å². The van der Waals surface area contributed by atoms with E-state index in [4.69, 9.17) is 9.05 Å². The van der Waals surface area contributed by atoms with Crippen LogP contribution in [0.4, 0.5) is 0 Å². The summed E-state index contributed by atoms with van der Waals surface area (Å²) < 4.78 is 23.2. The van der Waals surface area contributed by atoms with Gasteiger partial charge in [-0.2, -0.15) is 0 Å². The fourth-order valence-electron chi connectivity index (χ4n) is 6.09. The van der Waals surface area contributed by atoms with E-state index < -0.39 is 20.0 Å². The van der Waals surface area contributed by atoms with E-state index in [2.05, 4.69) is 67.8 Å². The molecule has 0 aromatic heterocycles. The smallest absolute Gasteiger partial charge is 0.268 e. The standard InChI is InChI=1S/C45H85N2O6P/c1-6-8-10-12-14-16-18-19-20-21-22-23-24-25-26-27-29-31-33-35-37-39-45(49)46-43(42-53-54(50,51)52-41-40-47(3,4)5)44(48)38-36-34-32-30-28-17-15-13-11-9-7-2/h8,10,14,16,19-20,22-23,43-44,48H,6-7,9,11-13,15,17-18,21,24-42H2,1-5H3,(H-,46,49,50,51)/b10-8-,16-14-,20-19-,23-22-. The Hall–Kier alpha value is -1.54. The topological polar surface area (TPSA) is 108 Å². The molecule has 0 bridgehead atoms. The molecular weight excluding hydrogens is 695 g/mol. The van der Waals surface area contributed by atoms with Crippen LogP contribution >= 0.6 is 7.82 Å². The minimum atomic E-state index is -4.56. The van der Waals surface area contributed by atoms with Crippen molar-refractivity contribution in [1.29, 1.82) is 0 Å². The summed E-state index contributed by atoms with van der Waals surface area (Å²) in [5.41, 5.74) is 0. The maximum Gasteiger partial charge on any atom is 0.268 e. The number of aliphatic hydroxyl groups is 1. The van der Waals surface area contributed by atoms with Crippen molar-refractivity contribution in [1.82, 2.24) is 5.32 Å². The number of unbranched alkanes of at least 4 members (excludes halogenated alkanes) is 18. The highest BCUT2D eigenvalue weighted by atomic mass is 31.2. The molecule has 0 saturated carbocycles. The van der Waals surface area contributed by atoms with E-state index in [9.17, 15) is 19.4 Å². The zero-order chi connectivity index (χ0) is 40.0. The first-order valence-electron chi connectivity index (χ1n) is 22.0. The maximum atomic E-state index is 12.9. The van der Waals surface area contributed by atoms with Gasteiger partial charge in [-0.25, -0.2) is 0 Å². The number of carbonyl (C=O) groups excluding carboxylic acids is 1. The van der Waals surface area contributed by atoms with Gasteiger partial charge in [-0.3, -0.25) is 9.36 Å². The molecule has 0 fully saturated rings. The normalized spacial score (nSPS) is 14.9. The van der Waals surface area contributed by atoms with Crippen LogP contribution in [0.3, 0.4) is 0 Å². The minimum Gasteiger partial charge on any atom is -0.756 e. The van der Waals surface area contributed by atoms with Crippen LogP contribution in [0.25, 0.3) is 0 Å². The molecule has 0 heterocycles. The number of nitrogens with zero attached hydrogens (tertiary/aromatic N) is 1. The molecule has 0 aliphatic rings. The number of aliphatic hydroxyl groups excluding tert-OH is 1. The summed E-state index contributed by atoms with van der Waals surface area (Å²) in [6, 6.07) is -0.804. The molecular formula is C45H85N2O6P. The number of carbonyl (C=O) groups is 1. The first-order valence-corrected chi connectivity index (χ1v) is 23.4. The summed E-state index contributed by atoms with van der Waals surface area (Å²) in [4.78, 5) is 25.3. The highest BCUT2D eigenvalue weighted by Gasteiger charge is 2.24. The highest BCUT2D eigenvalue weighted by Crippen LogP contribution is 2.38. The summed E-state index contributed by atoms with van der Waals surface area (Å²) in [5, 5.41) is 13.9. The lowest BCUT2D eigenvalue weighted by Gasteiger charge is -2.30. The first-order chi connectivity index (χ1) is 26.0. The van der Waals surface area contributed by atoms with Gasteiger partial charge in [0.15, 0.2) is 0 Å². The Morgan fingerprint density at radius 1 is 0.667 bits per heavy atom. The van der Waals surface area contributed by atoms with Crippen LogP contribution in [0.5, 0.6) is 0 Å². The molecule has 0 aliphatic carbocycles. The van der Waals surface area contributed by atoms with E-state index >= 15 is 0 Å². The zero-order valence-electron chi connectivity index (χ0n) is 35.7. The summed E-state index contributed by atoms with van der Waals surface area (Å²) in [5.74, 6) is -0.177. The number of phosphoric acid groups is 1. The van der Waals surface area contributed by atoms with Gasteiger partial charge in [0, 0.05) is 6.42 Å². The quantitative estimate of drug-likeness (QED) is 0.0278. The minimum absolute atomic E-state index is 0.00856.